The van der Waals surface area contributed by atoms with E-state index in [9.17, 15) is 0 Å². The summed E-state index contributed by atoms with van der Waals surface area (Å²) in [6.45, 7) is 5.67. The summed E-state index contributed by atoms with van der Waals surface area (Å²) in [5.74, 6) is 0. The SMILES string of the molecule is CCOCC.[Br-].[CH-]1CCC1.[Mg+2]. The van der Waals surface area contributed by atoms with Crippen LogP contribution < -0.4 is 17.0 Å². The zero-order valence-corrected chi connectivity index (χ0v) is 10.6. The molecule has 1 aliphatic rings. The molecule has 64 valence electrons. The molecule has 1 aliphatic carbocycles. The Kier molecular flexibility index (Phi) is 28.5. The minimum absolute atomic E-state index is 0. The first-order valence-corrected chi connectivity index (χ1v) is 3.81. The van der Waals surface area contributed by atoms with Crippen molar-refractivity contribution in [3.63, 3.8) is 0 Å². The summed E-state index contributed by atoms with van der Waals surface area (Å²) in [7, 11) is 0. The van der Waals surface area contributed by atoms with Gasteiger partial charge >= 0.3 is 23.1 Å². The average molecular weight is 233 g/mol. The standard InChI is InChI=1S/C4H10O.C4H7.BrH.Mg/c1-3-5-4-2;1-2-4-3-1;;/h3-4H2,1-2H3;1H,2-4H2;1H;/q;-1;;+2/p-1. The number of hydrogen-bond donors (Lipinski definition) is 0. The fourth-order valence-corrected chi connectivity index (χ4v) is 0.408. The van der Waals surface area contributed by atoms with E-state index in [0.717, 1.165) is 13.2 Å². The summed E-state index contributed by atoms with van der Waals surface area (Å²) in [6, 6.07) is 0. The molecule has 1 rings (SSSR count). The molecule has 0 bridgehead atoms. The molecule has 0 aromatic rings. The van der Waals surface area contributed by atoms with Gasteiger partial charge in [0, 0.05) is 13.2 Å². The summed E-state index contributed by atoms with van der Waals surface area (Å²) in [5, 5.41) is 0. The smallest absolute Gasteiger partial charge is 1.00 e. The van der Waals surface area contributed by atoms with E-state index in [4.69, 9.17) is 4.74 Å². The van der Waals surface area contributed by atoms with Crippen LogP contribution in [0, 0.1) is 6.42 Å². The van der Waals surface area contributed by atoms with Crippen LogP contribution in [-0.4, -0.2) is 36.3 Å². The fraction of sp³-hybridized carbons (Fsp3) is 0.875. The Balaban J connectivity index is -0.0000000990. The van der Waals surface area contributed by atoms with Crippen molar-refractivity contribution < 1.29 is 21.7 Å². The maximum atomic E-state index is 4.83. The molecular formula is C8H17BrMgO. The summed E-state index contributed by atoms with van der Waals surface area (Å²) in [6.07, 6.45) is 6.50. The van der Waals surface area contributed by atoms with Gasteiger partial charge in [0.1, 0.15) is 0 Å². The van der Waals surface area contributed by atoms with Gasteiger partial charge in [-0.3, -0.25) is 0 Å². The van der Waals surface area contributed by atoms with Crippen LogP contribution in [0.1, 0.15) is 33.1 Å². The summed E-state index contributed by atoms with van der Waals surface area (Å²) >= 11 is 0. The minimum Gasteiger partial charge on any atom is -1.00 e. The van der Waals surface area contributed by atoms with E-state index in [-0.39, 0.29) is 40.0 Å². The van der Waals surface area contributed by atoms with Crippen molar-refractivity contribution in [2.45, 2.75) is 33.1 Å². The van der Waals surface area contributed by atoms with Gasteiger partial charge in [-0.25, -0.2) is 0 Å². The molecule has 0 aliphatic heterocycles. The summed E-state index contributed by atoms with van der Waals surface area (Å²) in [5.41, 5.74) is 0. The van der Waals surface area contributed by atoms with E-state index in [0.29, 0.717) is 0 Å². The van der Waals surface area contributed by atoms with E-state index >= 15 is 0 Å². The minimum atomic E-state index is 0. The molecule has 11 heavy (non-hydrogen) atoms. The quantitative estimate of drug-likeness (QED) is 0.441. The van der Waals surface area contributed by atoms with Crippen molar-refractivity contribution in [1.82, 2.24) is 0 Å². The van der Waals surface area contributed by atoms with Crippen LogP contribution in [-0.2, 0) is 4.74 Å². The van der Waals surface area contributed by atoms with Crippen LogP contribution in [0.2, 0.25) is 0 Å². The van der Waals surface area contributed by atoms with E-state index in [1.54, 1.807) is 0 Å². The van der Waals surface area contributed by atoms with Crippen LogP contribution in [0.5, 0.6) is 0 Å². The Morgan fingerprint density at radius 3 is 1.45 bits per heavy atom. The van der Waals surface area contributed by atoms with Gasteiger partial charge in [0.25, 0.3) is 0 Å². The number of hydrogen-bond acceptors (Lipinski definition) is 1. The van der Waals surface area contributed by atoms with Gasteiger partial charge < -0.3 is 28.1 Å². The first-order valence-electron chi connectivity index (χ1n) is 3.81. The topological polar surface area (TPSA) is 9.23 Å². The molecule has 0 saturated heterocycles. The summed E-state index contributed by atoms with van der Waals surface area (Å²) in [4.78, 5) is 0. The molecule has 0 N–H and O–H groups in total. The van der Waals surface area contributed by atoms with Crippen molar-refractivity contribution in [2.24, 2.45) is 0 Å². The van der Waals surface area contributed by atoms with Crippen LogP contribution in [0.3, 0.4) is 0 Å². The third-order valence-corrected chi connectivity index (χ3v) is 1.22. The van der Waals surface area contributed by atoms with Crippen molar-refractivity contribution >= 4 is 23.1 Å². The normalized spacial score (nSPS) is 12.5. The summed E-state index contributed by atoms with van der Waals surface area (Å²) < 4.78 is 4.83. The monoisotopic (exact) mass is 232 g/mol. The maximum absolute atomic E-state index is 4.83. The molecule has 0 unspecified atom stereocenters. The molecule has 1 nitrogen and oxygen atoms in total. The third kappa shape index (κ3) is 18.3. The molecule has 0 amide bonds. The Morgan fingerprint density at radius 2 is 1.45 bits per heavy atom. The molecule has 0 radical (unpaired) electrons. The molecule has 1 saturated carbocycles. The molecule has 0 atom stereocenters. The molecule has 0 aromatic carbocycles. The zero-order chi connectivity index (χ0) is 6.95. The van der Waals surface area contributed by atoms with Crippen LogP contribution in [0.4, 0.5) is 0 Å². The molecule has 0 aromatic heterocycles. The second kappa shape index (κ2) is 17.3. The van der Waals surface area contributed by atoms with Gasteiger partial charge in [-0.05, 0) is 13.8 Å². The van der Waals surface area contributed by atoms with E-state index in [1.165, 1.54) is 19.3 Å². The first-order chi connectivity index (χ1) is 4.41. The van der Waals surface area contributed by atoms with Gasteiger partial charge in [-0.15, -0.1) is 6.42 Å². The van der Waals surface area contributed by atoms with Crippen molar-refractivity contribution in [3.05, 3.63) is 6.42 Å². The van der Waals surface area contributed by atoms with Crippen molar-refractivity contribution in [2.75, 3.05) is 13.2 Å². The van der Waals surface area contributed by atoms with Gasteiger partial charge in [-0.2, -0.15) is 12.8 Å². The second-order valence-electron chi connectivity index (χ2n) is 2.00. The molecule has 0 heterocycles. The predicted molar refractivity (Wildman–Crippen MR) is 46.1 cm³/mol. The second-order valence-corrected chi connectivity index (χ2v) is 2.00. The van der Waals surface area contributed by atoms with Gasteiger partial charge in [0.2, 0.25) is 0 Å². The van der Waals surface area contributed by atoms with Gasteiger partial charge in [0.15, 0.2) is 0 Å². The average Bonchev–Trinajstić information content (AvgIpc) is 1.63. The van der Waals surface area contributed by atoms with Gasteiger partial charge in [0.05, 0.1) is 0 Å². The largest absolute Gasteiger partial charge is 2.00 e. The van der Waals surface area contributed by atoms with Crippen LogP contribution >= 0.6 is 0 Å². The van der Waals surface area contributed by atoms with E-state index in [2.05, 4.69) is 6.42 Å². The zero-order valence-electron chi connectivity index (χ0n) is 7.61. The van der Waals surface area contributed by atoms with Crippen molar-refractivity contribution in [3.8, 4) is 0 Å². The molecule has 1 fully saturated rings. The Bertz CT molecular complexity index is 43.4. The first kappa shape index (κ1) is 18.1. The number of rotatable bonds is 2. The molecule has 3 heteroatoms. The Morgan fingerprint density at radius 1 is 1.18 bits per heavy atom. The molecular weight excluding hydrogens is 216 g/mol. The predicted octanol–water partition coefficient (Wildman–Crippen LogP) is -0.959. The third-order valence-electron chi connectivity index (χ3n) is 1.22. The van der Waals surface area contributed by atoms with Gasteiger partial charge in [-0.1, -0.05) is 0 Å². The maximum Gasteiger partial charge on any atom is 2.00 e. The van der Waals surface area contributed by atoms with Crippen LogP contribution in [0.25, 0.3) is 0 Å². The Labute approximate surface area is 97.2 Å². The molecule has 0 spiro atoms. The number of halogens is 1. The van der Waals surface area contributed by atoms with Crippen LogP contribution in [0.15, 0.2) is 0 Å². The van der Waals surface area contributed by atoms with E-state index in [1.807, 2.05) is 13.8 Å². The van der Waals surface area contributed by atoms with E-state index < -0.39 is 0 Å². The number of ether oxygens (including phenoxy) is 1. The fourth-order valence-electron chi connectivity index (χ4n) is 0.408. The van der Waals surface area contributed by atoms with Crippen molar-refractivity contribution in [1.29, 1.82) is 0 Å². The Hall–Kier alpha value is 1.21.